The summed E-state index contributed by atoms with van der Waals surface area (Å²) in [6.45, 7) is 9.74. The first kappa shape index (κ1) is 22.8. The Morgan fingerprint density at radius 3 is 2.50 bits per heavy atom. The van der Waals surface area contributed by atoms with Crippen LogP contribution in [0.1, 0.15) is 52.5 Å². The number of carbonyl (C=O) groups excluding carboxylic acids is 1. The lowest BCUT2D eigenvalue weighted by Gasteiger charge is -2.42. The maximum atomic E-state index is 13.3. The third-order valence-electron chi connectivity index (χ3n) is 8.37. The number of amides is 1. The summed E-state index contributed by atoms with van der Waals surface area (Å²) >= 11 is 0. The monoisotopic (exact) mass is 486 g/mol. The number of aryl methyl sites for hydroxylation is 4. The number of fused-ring (bicyclic) bond motifs is 6. The average molecular weight is 487 g/mol. The SMILES string of the molecule is Cc1oc2c(C)c3oc(=O)c(CCC(=O)N4C[C@H]5C[C@@H](C4)c4cccc(=O)n4C5)c(C)c3cc2c1C. The van der Waals surface area contributed by atoms with E-state index in [9.17, 15) is 14.4 Å². The van der Waals surface area contributed by atoms with Gasteiger partial charge in [0.2, 0.25) is 5.91 Å². The summed E-state index contributed by atoms with van der Waals surface area (Å²) in [6.07, 6.45) is 1.59. The molecule has 0 aliphatic carbocycles. The molecule has 2 aliphatic heterocycles. The Hall–Kier alpha value is -3.61. The molecule has 0 N–H and O–H groups in total. The van der Waals surface area contributed by atoms with Crippen LogP contribution in [0.25, 0.3) is 21.9 Å². The van der Waals surface area contributed by atoms with E-state index in [-0.39, 0.29) is 35.3 Å². The molecular formula is C29H30N2O5. The van der Waals surface area contributed by atoms with Crippen LogP contribution in [0.5, 0.6) is 0 Å². The van der Waals surface area contributed by atoms with Gasteiger partial charge in [-0.1, -0.05) is 6.07 Å². The fraction of sp³-hybridized carbons (Fsp3) is 0.414. The molecule has 3 aromatic heterocycles. The Morgan fingerprint density at radius 1 is 0.944 bits per heavy atom. The number of carbonyl (C=O) groups is 1. The van der Waals surface area contributed by atoms with Crippen LogP contribution in [0, 0.1) is 33.6 Å². The highest BCUT2D eigenvalue weighted by atomic mass is 16.4. The van der Waals surface area contributed by atoms with Gasteiger partial charge in [-0.2, -0.15) is 0 Å². The van der Waals surface area contributed by atoms with Crippen LogP contribution < -0.4 is 11.2 Å². The minimum absolute atomic E-state index is 0.0359. The molecule has 0 unspecified atom stereocenters. The molecule has 2 atom stereocenters. The van der Waals surface area contributed by atoms with Crippen molar-refractivity contribution < 1.29 is 13.6 Å². The van der Waals surface area contributed by atoms with Crippen LogP contribution in [0.15, 0.2) is 42.7 Å². The van der Waals surface area contributed by atoms with E-state index in [2.05, 4.69) is 0 Å². The summed E-state index contributed by atoms with van der Waals surface area (Å²) in [5, 5.41) is 1.91. The molecule has 1 saturated heterocycles. The van der Waals surface area contributed by atoms with Crippen LogP contribution in [-0.4, -0.2) is 28.5 Å². The summed E-state index contributed by atoms with van der Waals surface area (Å²) in [6, 6.07) is 7.45. The number of hydrogen-bond acceptors (Lipinski definition) is 5. The van der Waals surface area contributed by atoms with Gasteiger partial charge in [-0.3, -0.25) is 9.59 Å². The number of nitrogens with zero attached hydrogens (tertiary/aromatic N) is 2. The third-order valence-corrected chi connectivity index (χ3v) is 8.37. The zero-order valence-corrected chi connectivity index (χ0v) is 21.1. The van der Waals surface area contributed by atoms with Crippen LogP contribution in [0.3, 0.4) is 0 Å². The second kappa shape index (κ2) is 8.22. The lowest BCUT2D eigenvalue weighted by molar-refractivity contribution is -0.133. The van der Waals surface area contributed by atoms with Crippen LogP contribution in [0.2, 0.25) is 0 Å². The van der Waals surface area contributed by atoms with Crippen molar-refractivity contribution in [2.45, 2.75) is 59.4 Å². The molecule has 6 rings (SSSR count). The molecule has 4 aromatic rings. The van der Waals surface area contributed by atoms with Gasteiger partial charge >= 0.3 is 5.63 Å². The van der Waals surface area contributed by atoms with Crippen molar-refractivity contribution in [1.82, 2.24) is 9.47 Å². The van der Waals surface area contributed by atoms with Crippen LogP contribution in [0.4, 0.5) is 0 Å². The molecule has 7 nitrogen and oxygen atoms in total. The molecule has 0 radical (unpaired) electrons. The topological polar surface area (TPSA) is 85.7 Å². The highest BCUT2D eigenvalue weighted by Crippen LogP contribution is 2.36. The normalized spacial score (nSPS) is 19.2. The summed E-state index contributed by atoms with van der Waals surface area (Å²) in [5.74, 6) is 1.35. The van der Waals surface area contributed by atoms with Gasteiger partial charge in [-0.25, -0.2) is 4.79 Å². The number of rotatable bonds is 3. The Labute approximate surface area is 208 Å². The molecule has 1 amide bonds. The zero-order valence-electron chi connectivity index (χ0n) is 21.1. The number of benzene rings is 1. The number of likely N-dealkylation sites (tertiary alicyclic amines) is 1. The predicted octanol–water partition coefficient (Wildman–Crippen LogP) is 4.51. The molecule has 0 saturated carbocycles. The highest BCUT2D eigenvalue weighted by Gasteiger charge is 2.36. The Bertz CT molecular complexity index is 1670. The quantitative estimate of drug-likeness (QED) is 0.398. The predicted molar refractivity (Wildman–Crippen MR) is 138 cm³/mol. The summed E-state index contributed by atoms with van der Waals surface area (Å²) in [7, 11) is 0. The fourth-order valence-corrected chi connectivity index (χ4v) is 6.27. The number of furan rings is 1. The van der Waals surface area contributed by atoms with Crippen molar-refractivity contribution in [2.75, 3.05) is 13.1 Å². The van der Waals surface area contributed by atoms with Crippen molar-refractivity contribution >= 4 is 27.8 Å². The Kier molecular flexibility index (Phi) is 5.21. The first-order chi connectivity index (χ1) is 17.2. The highest BCUT2D eigenvalue weighted by molar-refractivity contribution is 6.00. The first-order valence-corrected chi connectivity index (χ1v) is 12.7. The minimum atomic E-state index is -0.390. The lowest BCUT2D eigenvalue weighted by Crippen LogP contribution is -2.49. The summed E-state index contributed by atoms with van der Waals surface area (Å²) < 4.78 is 13.6. The molecule has 0 spiro atoms. The molecule has 186 valence electrons. The minimum Gasteiger partial charge on any atom is -0.461 e. The van der Waals surface area contributed by atoms with E-state index in [0.717, 1.165) is 50.9 Å². The van der Waals surface area contributed by atoms with Gasteiger partial charge in [0, 0.05) is 65.6 Å². The van der Waals surface area contributed by atoms with Gasteiger partial charge < -0.3 is 18.3 Å². The number of piperidine rings is 1. The molecule has 2 aliphatic rings. The number of aromatic nitrogens is 1. The second-order valence-electron chi connectivity index (χ2n) is 10.5. The van der Waals surface area contributed by atoms with E-state index in [1.165, 1.54) is 0 Å². The number of hydrogen-bond donors (Lipinski definition) is 0. The van der Waals surface area contributed by atoms with Gasteiger partial charge in [0.25, 0.3) is 5.56 Å². The van der Waals surface area contributed by atoms with Gasteiger partial charge in [-0.05, 0) is 69.7 Å². The third kappa shape index (κ3) is 3.44. The van der Waals surface area contributed by atoms with Crippen molar-refractivity contribution in [3.8, 4) is 0 Å². The molecule has 1 fully saturated rings. The second-order valence-corrected chi connectivity index (χ2v) is 10.5. The van der Waals surface area contributed by atoms with Gasteiger partial charge in [-0.15, -0.1) is 0 Å². The molecule has 5 heterocycles. The smallest absolute Gasteiger partial charge is 0.339 e. The maximum Gasteiger partial charge on any atom is 0.339 e. The standard InChI is InChI=1S/C29H30N2O5/c1-15-18(4)35-27-17(3)28-23(11-22(15)27)16(2)21(29(34)36-28)8-9-25(32)30-12-19-10-20(14-30)24-6-5-7-26(33)31(24)13-19/h5-7,11,19-20H,8-10,12-14H2,1-4H3/t19-,20+/m1/s1. The number of pyridine rings is 1. The van der Waals surface area contributed by atoms with Crippen molar-refractivity contribution in [1.29, 1.82) is 0 Å². The Morgan fingerprint density at radius 2 is 1.69 bits per heavy atom. The van der Waals surface area contributed by atoms with Crippen LogP contribution in [-0.2, 0) is 17.8 Å². The van der Waals surface area contributed by atoms with E-state index in [1.807, 2.05) is 49.3 Å². The van der Waals surface area contributed by atoms with Crippen molar-refractivity contribution in [3.63, 3.8) is 0 Å². The van der Waals surface area contributed by atoms with Gasteiger partial charge in [0.05, 0.1) is 0 Å². The molecule has 2 bridgehead atoms. The fourth-order valence-electron chi connectivity index (χ4n) is 6.27. The lowest BCUT2D eigenvalue weighted by atomic mass is 9.83. The van der Waals surface area contributed by atoms with E-state index < -0.39 is 0 Å². The molecule has 1 aromatic carbocycles. The largest absolute Gasteiger partial charge is 0.461 e. The van der Waals surface area contributed by atoms with E-state index in [0.29, 0.717) is 37.2 Å². The Balaban J connectivity index is 1.27. The van der Waals surface area contributed by atoms with Crippen molar-refractivity contribution in [2.24, 2.45) is 5.92 Å². The van der Waals surface area contributed by atoms with Crippen molar-refractivity contribution in [3.05, 3.63) is 78.7 Å². The van der Waals surface area contributed by atoms with Gasteiger partial charge in [0.15, 0.2) is 0 Å². The first-order valence-electron chi connectivity index (χ1n) is 12.7. The zero-order chi connectivity index (χ0) is 25.3. The molecular weight excluding hydrogens is 456 g/mol. The van der Waals surface area contributed by atoms with Gasteiger partial charge in [0.1, 0.15) is 16.9 Å². The molecule has 7 heteroatoms. The van der Waals surface area contributed by atoms with Crippen LogP contribution >= 0.6 is 0 Å². The maximum absolute atomic E-state index is 13.3. The molecule has 36 heavy (non-hydrogen) atoms. The van der Waals surface area contributed by atoms with E-state index in [1.54, 1.807) is 12.1 Å². The summed E-state index contributed by atoms with van der Waals surface area (Å²) in [4.78, 5) is 40.4. The van der Waals surface area contributed by atoms with E-state index in [4.69, 9.17) is 8.83 Å². The summed E-state index contributed by atoms with van der Waals surface area (Å²) in [5.41, 5.74) is 5.29. The average Bonchev–Trinajstić information content (AvgIpc) is 3.14. The van der Waals surface area contributed by atoms with E-state index >= 15 is 0 Å².